The molecular weight excluding hydrogens is 296 g/mol. The van der Waals surface area contributed by atoms with Crippen LogP contribution in [0.1, 0.15) is 31.8 Å². The van der Waals surface area contributed by atoms with Gasteiger partial charge in [0, 0.05) is 11.1 Å². The molecule has 0 bridgehead atoms. The summed E-state index contributed by atoms with van der Waals surface area (Å²) in [6, 6.07) is 8.41. The van der Waals surface area contributed by atoms with Gasteiger partial charge in [-0.25, -0.2) is 9.59 Å². The third kappa shape index (κ3) is 3.31. The first-order chi connectivity index (χ1) is 11.0. The lowest BCUT2D eigenvalue weighted by Gasteiger charge is -2.09. The number of hydrogen-bond donors (Lipinski definition) is 2. The lowest BCUT2D eigenvalue weighted by molar-refractivity contribution is 0.0686. The highest BCUT2D eigenvalue weighted by atomic mass is 16.5. The minimum absolute atomic E-state index is 0.0799. The van der Waals surface area contributed by atoms with Crippen molar-refractivity contribution in [3.05, 3.63) is 58.7 Å². The Bertz CT molecular complexity index is 808. The molecule has 2 rings (SSSR count). The first-order valence-corrected chi connectivity index (χ1v) is 6.32. The molecule has 5 heteroatoms. The molecule has 0 saturated heterocycles. The zero-order valence-corrected chi connectivity index (χ0v) is 11.7. The Morgan fingerprint density at radius 1 is 0.826 bits per heavy atom. The number of carbonyl (C=O) groups is 2. The Balaban J connectivity index is 2.41. The molecule has 0 aliphatic rings. The quantitative estimate of drug-likeness (QED) is 0.849. The number of terminal acetylenes is 2. The molecule has 2 N–H and O–H groups in total. The summed E-state index contributed by atoms with van der Waals surface area (Å²) in [4.78, 5) is 22.3. The van der Waals surface area contributed by atoms with E-state index in [1.807, 2.05) is 0 Å². The molecular formula is C18H10O5. The van der Waals surface area contributed by atoms with Gasteiger partial charge in [0.1, 0.15) is 11.5 Å². The highest BCUT2D eigenvalue weighted by Crippen LogP contribution is 2.26. The van der Waals surface area contributed by atoms with Gasteiger partial charge in [0.15, 0.2) is 0 Å². The van der Waals surface area contributed by atoms with Gasteiger partial charge >= 0.3 is 11.9 Å². The molecule has 112 valence electrons. The zero-order valence-electron chi connectivity index (χ0n) is 11.7. The molecule has 0 fully saturated rings. The Kier molecular flexibility index (Phi) is 4.35. The van der Waals surface area contributed by atoms with Crippen molar-refractivity contribution >= 4 is 11.9 Å². The summed E-state index contributed by atoms with van der Waals surface area (Å²) in [5.74, 6) is 2.60. The zero-order chi connectivity index (χ0) is 17.0. The van der Waals surface area contributed by atoms with Crippen LogP contribution in [0, 0.1) is 24.7 Å². The van der Waals surface area contributed by atoms with Gasteiger partial charge in [-0.05, 0) is 36.4 Å². The molecule has 0 saturated carbocycles. The van der Waals surface area contributed by atoms with Gasteiger partial charge in [-0.1, -0.05) is 11.8 Å². The molecule has 2 aromatic carbocycles. The number of carboxylic acids is 2. The average molecular weight is 306 g/mol. The molecule has 0 heterocycles. The lowest BCUT2D eigenvalue weighted by Crippen LogP contribution is -2.02. The second-order valence-corrected chi connectivity index (χ2v) is 4.42. The maximum atomic E-state index is 11.2. The Morgan fingerprint density at radius 3 is 1.52 bits per heavy atom. The fourth-order valence-electron chi connectivity index (χ4n) is 1.92. The van der Waals surface area contributed by atoms with Crippen molar-refractivity contribution in [3.63, 3.8) is 0 Å². The fraction of sp³-hybridized carbons (Fsp3) is 0. The highest BCUT2D eigenvalue weighted by Gasteiger charge is 2.13. The summed E-state index contributed by atoms with van der Waals surface area (Å²) >= 11 is 0. The number of carboxylic acid groups (broad SMARTS) is 2. The number of rotatable bonds is 4. The van der Waals surface area contributed by atoms with Crippen molar-refractivity contribution in [2.75, 3.05) is 0 Å². The maximum Gasteiger partial charge on any atom is 0.337 e. The minimum atomic E-state index is -1.18. The first kappa shape index (κ1) is 15.7. The normalized spacial score (nSPS) is 9.48. The van der Waals surface area contributed by atoms with E-state index in [2.05, 4.69) is 11.8 Å². The summed E-state index contributed by atoms with van der Waals surface area (Å²) in [5, 5.41) is 18.2. The monoisotopic (exact) mass is 306 g/mol. The van der Waals surface area contributed by atoms with Crippen molar-refractivity contribution in [1.82, 2.24) is 0 Å². The van der Waals surface area contributed by atoms with Crippen LogP contribution < -0.4 is 4.74 Å². The van der Waals surface area contributed by atoms with E-state index in [0.29, 0.717) is 0 Å². The van der Waals surface area contributed by atoms with E-state index < -0.39 is 11.9 Å². The van der Waals surface area contributed by atoms with E-state index >= 15 is 0 Å². The predicted octanol–water partition coefficient (Wildman–Crippen LogP) is 2.84. The predicted molar refractivity (Wildman–Crippen MR) is 82.7 cm³/mol. The van der Waals surface area contributed by atoms with Gasteiger partial charge in [0.05, 0.1) is 11.1 Å². The highest BCUT2D eigenvalue weighted by molar-refractivity contribution is 5.92. The second kappa shape index (κ2) is 6.38. The van der Waals surface area contributed by atoms with Crippen LogP contribution in [0.3, 0.4) is 0 Å². The van der Waals surface area contributed by atoms with Gasteiger partial charge in [-0.3, -0.25) is 0 Å². The lowest BCUT2D eigenvalue weighted by atomic mass is 10.1. The SMILES string of the molecule is C#Cc1ccc(Oc2ccc(C#C)c(C(=O)O)c2)cc1C(=O)O. The Morgan fingerprint density at radius 2 is 1.22 bits per heavy atom. The molecule has 0 spiro atoms. The number of ether oxygens (including phenoxy) is 1. The third-order valence-electron chi connectivity index (χ3n) is 2.99. The second-order valence-electron chi connectivity index (χ2n) is 4.42. The molecule has 0 amide bonds. The standard InChI is InChI=1S/C18H10O5/c1-3-11-5-7-13(9-15(11)17(19)20)23-14-8-6-12(4-2)16(10-14)18(21)22/h1-2,5-10H,(H,19,20)(H,21,22). The van der Waals surface area contributed by atoms with Crippen LogP contribution >= 0.6 is 0 Å². The van der Waals surface area contributed by atoms with Gasteiger partial charge in [0.25, 0.3) is 0 Å². The summed E-state index contributed by atoms with van der Waals surface area (Å²) < 4.78 is 5.50. The van der Waals surface area contributed by atoms with Crippen LogP contribution in [0.15, 0.2) is 36.4 Å². The maximum absolute atomic E-state index is 11.2. The van der Waals surface area contributed by atoms with Crippen LogP contribution in [0.5, 0.6) is 11.5 Å². The average Bonchev–Trinajstić information content (AvgIpc) is 2.54. The van der Waals surface area contributed by atoms with Crippen molar-refractivity contribution in [1.29, 1.82) is 0 Å². The molecule has 0 atom stereocenters. The van der Waals surface area contributed by atoms with Crippen molar-refractivity contribution in [2.24, 2.45) is 0 Å². The van der Waals surface area contributed by atoms with Crippen molar-refractivity contribution < 1.29 is 24.5 Å². The first-order valence-electron chi connectivity index (χ1n) is 6.32. The van der Waals surface area contributed by atoms with Gasteiger partial charge in [-0.2, -0.15) is 0 Å². The van der Waals surface area contributed by atoms with Gasteiger partial charge < -0.3 is 14.9 Å². The van der Waals surface area contributed by atoms with Crippen LogP contribution in [0.2, 0.25) is 0 Å². The number of hydrogen-bond acceptors (Lipinski definition) is 3. The topological polar surface area (TPSA) is 83.8 Å². The number of aromatic carboxylic acids is 2. The largest absolute Gasteiger partial charge is 0.478 e. The van der Waals surface area contributed by atoms with E-state index in [1.54, 1.807) is 0 Å². The Labute approximate surface area is 132 Å². The third-order valence-corrected chi connectivity index (χ3v) is 2.99. The smallest absolute Gasteiger partial charge is 0.337 e. The molecule has 0 aliphatic carbocycles. The minimum Gasteiger partial charge on any atom is -0.478 e. The number of benzene rings is 2. The summed E-state index contributed by atoms with van der Waals surface area (Å²) in [6.07, 6.45) is 10.5. The molecule has 2 aromatic rings. The van der Waals surface area contributed by atoms with Crippen LogP contribution in [0.25, 0.3) is 0 Å². The molecule has 0 radical (unpaired) electrons. The molecule has 0 unspecified atom stereocenters. The molecule has 5 nitrogen and oxygen atoms in total. The summed E-state index contributed by atoms with van der Waals surface area (Å²) in [6.45, 7) is 0. The van der Waals surface area contributed by atoms with Gasteiger partial charge in [0.2, 0.25) is 0 Å². The Hall–Kier alpha value is -3.70. The molecule has 0 aliphatic heterocycles. The van der Waals surface area contributed by atoms with Crippen LogP contribution in [-0.4, -0.2) is 22.2 Å². The van der Waals surface area contributed by atoms with E-state index in [1.165, 1.54) is 36.4 Å². The van der Waals surface area contributed by atoms with Crippen LogP contribution in [-0.2, 0) is 0 Å². The molecule has 0 aromatic heterocycles. The van der Waals surface area contributed by atoms with E-state index in [9.17, 15) is 9.59 Å². The fourth-order valence-corrected chi connectivity index (χ4v) is 1.92. The summed E-state index contributed by atoms with van der Waals surface area (Å²) in [7, 11) is 0. The van der Waals surface area contributed by atoms with Crippen molar-refractivity contribution in [3.8, 4) is 36.2 Å². The van der Waals surface area contributed by atoms with Gasteiger partial charge in [-0.15, -0.1) is 12.8 Å². The van der Waals surface area contributed by atoms with E-state index in [-0.39, 0.29) is 33.8 Å². The van der Waals surface area contributed by atoms with E-state index in [4.69, 9.17) is 27.8 Å². The van der Waals surface area contributed by atoms with Crippen molar-refractivity contribution in [2.45, 2.75) is 0 Å². The van der Waals surface area contributed by atoms with Crippen LogP contribution in [0.4, 0.5) is 0 Å². The molecule has 23 heavy (non-hydrogen) atoms. The summed E-state index contributed by atoms with van der Waals surface area (Å²) in [5.41, 5.74) is 0.282. The van der Waals surface area contributed by atoms with E-state index in [0.717, 1.165) is 0 Å².